The molecule has 0 aliphatic carbocycles. The third kappa shape index (κ3) is 5.01. The van der Waals surface area contributed by atoms with Gasteiger partial charge >= 0.3 is 6.03 Å². The lowest BCUT2D eigenvalue weighted by Gasteiger charge is -2.15. The number of hydrogen-bond donors (Lipinski definition) is 2. The minimum atomic E-state index is -0.196. The number of anilines is 1. The fraction of sp³-hybridized carbons (Fsp3) is 0.350. The summed E-state index contributed by atoms with van der Waals surface area (Å²) in [7, 11) is 0. The maximum absolute atomic E-state index is 12.1. The zero-order chi connectivity index (χ0) is 17.4. The van der Waals surface area contributed by atoms with E-state index in [0.29, 0.717) is 13.2 Å². The minimum Gasteiger partial charge on any atom is -0.492 e. The monoisotopic (exact) mass is 326 g/mol. The molecule has 0 unspecified atom stereocenters. The van der Waals surface area contributed by atoms with Gasteiger partial charge in [0.1, 0.15) is 12.4 Å². The van der Waals surface area contributed by atoms with Crippen LogP contribution in [0, 0.1) is 6.92 Å². The van der Waals surface area contributed by atoms with Crippen LogP contribution in [0.3, 0.4) is 0 Å². The van der Waals surface area contributed by atoms with Gasteiger partial charge in [0, 0.05) is 5.69 Å². The highest BCUT2D eigenvalue weighted by Gasteiger charge is 2.09. The first-order valence-corrected chi connectivity index (χ1v) is 8.49. The lowest BCUT2D eigenvalue weighted by Crippen LogP contribution is -2.32. The molecule has 2 N–H and O–H groups in total. The molecule has 0 saturated carbocycles. The van der Waals surface area contributed by atoms with Gasteiger partial charge in [-0.25, -0.2) is 4.79 Å². The average Bonchev–Trinajstić information content (AvgIpc) is 2.59. The van der Waals surface area contributed by atoms with Crippen LogP contribution < -0.4 is 15.4 Å². The molecule has 24 heavy (non-hydrogen) atoms. The zero-order valence-corrected chi connectivity index (χ0v) is 14.7. The van der Waals surface area contributed by atoms with Gasteiger partial charge in [-0.05, 0) is 48.6 Å². The van der Waals surface area contributed by atoms with E-state index < -0.39 is 0 Å². The van der Waals surface area contributed by atoms with Crippen LogP contribution in [0.1, 0.15) is 30.5 Å². The summed E-state index contributed by atoms with van der Waals surface area (Å²) in [4.78, 5) is 12.1. The predicted molar refractivity (Wildman–Crippen MR) is 98.9 cm³/mol. The first-order chi connectivity index (χ1) is 11.6. The van der Waals surface area contributed by atoms with Crippen molar-refractivity contribution in [1.29, 1.82) is 0 Å². The number of ether oxygens (including phenoxy) is 1. The number of rotatable bonds is 7. The number of carbonyl (C=O) groups excluding carboxylic acids is 1. The van der Waals surface area contributed by atoms with Gasteiger partial charge in [-0.3, -0.25) is 0 Å². The maximum Gasteiger partial charge on any atom is 0.319 e. The summed E-state index contributed by atoms with van der Waals surface area (Å²) in [6.07, 6.45) is 1.78. The Morgan fingerprint density at radius 2 is 1.71 bits per heavy atom. The van der Waals surface area contributed by atoms with E-state index >= 15 is 0 Å². The Morgan fingerprint density at radius 1 is 1.04 bits per heavy atom. The van der Waals surface area contributed by atoms with Crippen LogP contribution in [-0.2, 0) is 12.8 Å². The van der Waals surface area contributed by atoms with Crippen LogP contribution >= 0.6 is 0 Å². The summed E-state index contributed by atoms with van der Waals surface area (Å²) < 4.78 is 5.63. The average molecular weight is 326 g/mol. The van der Waals surface area contributed by atoms with Crippen molar-refractivity contribution >= 4 is 11.7 Å². The Hall–Kier alpha value is -2.49. The lowest BCUT2D eigenvalue weighted by atomic mass is 10.0. The summed E-state index contributed by atoms with van der Waals surface area (Å²) in [6, 6.07) is 13.8. The molecule has 2 rings (SSSR count). The van der Waals surface area contributed by atoms with Crippen LogP contribution in [0.25, 0.3) is 0 Å². The molecule has 4 heteroatoms. The number of nitrogens with one attached hydrogen (secondary N) is 2. The van der Waals surface area contributed by atoms with E-state index in [9.17, 15) is 4.79 Å². The van der Waals surface area contributed by atoms with Crippen molar-refractivity contribution in [2.45, 2.75) is 33.6 Å². The Balaban J connectivity index is 1.83. The van der Waals surface area contributed by atoms with Gasteiger partial charge in [0.15, 0.2) is 0 Å². The van der Waals surface area contributed by atoms with E-state index in [1.165, 1.54) is 0 Å². The van der Waals surface area contributed by atoms with Gasteiger partial charge < -0.3 is 15.4 Å². The number of urea groups is 1. The Morgan fingerprint density at radius 3 is 2.33 bits per heavy atom. The first kappa shape index (κ1) is 17.9. The number of aryl methyl sites for hydroxylation is 3. The van der Waals surface area contributed by atoms with Gasteiger partial charge in [0.2, 0.25) is 0 Å². The minimum absolute atomic E-state index is 0.196. The quantitative estimate of drug-likeness (QED) is 0.745. The Kier molecular flexibility index (Phi) is 6.67. The van der Waals surface area contributed by atoms with Crippen molar-refractivity contribution in [2.24, 2.45) is 0 Å². The second-order valence-corrected chi connectivity index (χ2v) is 5.70. The fourth-order valence-electron chi connectivity index (χ4n) is 2.60. The lowest BCUT2D eigenvalue weighted by molar-refractivity contribution is 0.247. The smallest absolute Gasteiger partial charge is 0.319 e. The third-order valence-electron chi connectivity index (χ3n) is 3.88. The normalized spacial score (nSPS) is 10.3. The van der Waals surface area contributed by atoms with Crippen molar-refractivity contribution in [3.8, 4) is 5.75 Å². The van der Waals surface area contributed by atoms with Gasteiger partial charge in [-0.1, -0.05) is 44.2 Å². The second-order valence-electron chi connectivity index (χ2n) is 5.70. The van der Waals surface area contributed by atoms with Gasteiger partial charge in [-0.15, -0.1) is 0 Å². The zero-order valence-electron chi connectivity index (χ0n) is 14.7. The van der Waals surface area contributed by atoms with E-state index in [1.807, 2.05) is 37.3 Å². The van der Waals surface area contributed by atoms with Gasteiger partial charge in [0.05, 0.1) is 6.54 Å². The number of carbonyl (C=O) groups is 1. The van der Waals surface area contributed by atoms with Crippen LogP contribution in [-0.4, -0.2) is 19.2 Å². The molecule has 4 nitrogen and oxygen atoms in total. The van der Waals surface area contributed by atoms with E-state index in [2.05, 4.69) is 36.6 Å². The maximum atomic E-state index is 12.1. The van der Waals surface area contributed by atoms with E-state index in [1.54, 1.807) is 0 Å². The number of para-hydroxylation sites is 1. The SMILES string of the molecule is CCc1cccc(CC)c1NC(=O)NCCOc1cccc(C)c1. The molecule has 2 aromatic carbocycles. The largest absolute Gasteiger partial charge is 0.492 e. The predicted octanol–water partition coefficient (Wildman–Crippen LogP) is 4.32. The van der Waals surface area contributed by atoms with Gasteiger partial charge in [0.25, 0.3) is 0 Å². The molecule has 0 aliphatic rings. The molecule has 0 spiro atoms. The van der Waals surface area contributed by atoms with Crippen molar-refractivity contribution in [3.05, 3.63) is 59.2 Å². The summed E-state index contributed by atoms with van der Waals surface area (Å²) in [6.45, 7) is 7.10. The standard InChI is InChI=1S/C20H26N2O2/c1-4-16-9-7-10-17(5-2)19(16)22-20(23)21-12-13-24-18-11-6-8-15(3)14-18/h6-11,14H,4-5,12-13H2,1-3H3,(H2,21,22,23). The highest BCUT2D eigenvalue weighted by molar-refractivity contribution is 5.91. The molecule has 0 fully saturated rings. The second kappa shape index (κ2) is 8.96. The van der Waals surface area contributed by atoms with E-state index in [0.717, 1.165) is 41.0 Å². The molecule has 2 amide bonds. The van der Waals surface area contributed by atoms with Crippen LogP contribution in [0.4, 0.5) is 10.5 Å². The van der Waals surface area contributed by atoms with Crippen LogP contribution in [0.15, 0.2) is 42.5 Å². The molecule has 0 aromatic heterocycles. The Labute approximate surface area is 144 Å². The topological polar surface area (TPSA) is 50.4 Å². The molecule has 0 saturated heterocycles. The van der Waals surface area contributed by atoms with E-state index in [4.69, 9.17) is 4.74 Å². The summed E-state index contributed by atoms with van der Waals surface area (Å²) in [5.74, 6) is 0.821. The molecule has 0 aliphatic heterocycles. The van der Waals surface area contributed by atoms with E-state index in [-0.39, 0.29) is 6.03 Å². The summed E-state index contributed by atoms with van der Waals surface area (Å²) in [5, 5.41) is 5.83. The van der Waals surface area contributed by atoms with Crippen LogP contribution in [0.2, 0.25) is 0 Å². The van der Waals surface area contributed by atoms with Gasteiger partial charge in [-0.2, -0.15) is 0 Å². The number of hydrogen-bond acceptors (Lipinski definition) is 2. The van der Waals surface area contributed by atoms with Crippen molar-refractivity contribution in [2.75, 3.05) is 18.5 Å². The van der Waals surface area contributed by atoms with Crippen molar-refractivity contribution < 1.29 is 9.53 Å². The third-order valence-corrected chi connectivity index (χ3v) is 3.88. The van der Waals surface area contributed by atoms with Crippen molar-refractivity contribution in [1.82, 2.24) is 5.32 Å². The number of benzene rings is 2. The fourth-order valence-corrected chi connectivity index (χ4v) is 2.60. The molecule has 0 atom stereocenters. The van der Waals surface area contributed by atoms with Crippen molar-refractivity contribution in [3.63, 3.8) is 0 Å². The molecule has 0 radical (unpaired) electrons. The molecule has 2 aromatic rings. The summed E-state index contributed by atoms with van der Waals surface area (Å²) >= 11 is 0. The Bertz CT molecular complexity index is 661. The molecule has 0 heterocycles. The first-order valence-electron chi connectivity index (χ1n) is 8.49. The highest BCUT2D eigenvalue weighted by atomic mass is 16.5. The molecule has 0 bridgehead atoms. The highest BCUT2D eigenvalue weighted by Crippen LogP contribution is 2.22. The molecular formula is C20H26N2O2. The number of amides is 2. The molecular weight excluding hydrogens is 300 g/mol. The van der Waals surface area contributed by atoms with Crippen LogP contribution in [0.5, 0.6) is 5.75 Å². The summed E-state index contributed by atoms with van der Waals surface area (Å²) in [5.41, 5.74) is 4.39. The molecule has 128 valence electrons.